The molecule has 0 amide bonds. The molecule has 0 atom stereocenters. The van der Waals surface area contributed by atoms with Crippen molar-refractivity contribution in [2.75, 3.05) is 13.1 Å². The lowest BCUT2D eigenvalue weighted by molar-refractivity contribution is 0.286. The molecule has 3 rings (SSSR count). The van der Waals surface area contributed by atoms with Crippen LogP contribution in [0, 0.1) is 0 Å². The number of rotatable bonds is 3. The van der Waals surface area contributed by atoms with Crippen molar-refractivity contribution in [1.82, 2.24) is 4.90 Å². The van der Waals surface area contributed by atoms with Gasteiger partial charge < -0.3 is 5.73 Å². The van der Waals surface area contributed by atoms with Gasteiger partial charge in [-0.15, -0.1) is 11.3 Å². The molecule has 0 aliphatic carbocycles. The van der Waals surface area contributed by atoms with Gasteiger partial charge in [0, 0.05) is 35.8 Å². The number of hydrogen-bond acceptors (Lipinski definition) is 3. The third-order valence-corrected chi connectivity index (χ3v) is 5.10. The lowest BCUT2D eigenvalue weighted by Gasteiger charge is -2.25. The maximum absolute atomic E-state index is 5.92. The molecule has 1 aliphatic rings. The van der Waals surface area contributed by atoms with Crippen LogP contribution in [0.3, 0.4) is 0 Å². The summed E-state index contributed by atoms with van der Waals surface area (Å²) in [6, 6.07) is 8.66. The number of fused-ring (bicyclic) bond motifs is 1. The fourth-order valence-electron chi connectivity index (χ4n) is 2.67. The minimum absolute atomic E-state index is 0.650. The van der Waals surface area contributed by atoms with Gasteiger partial charge in [-0.2, -0.15) is 0 Å². The van der Waals surface area contributed by atoms with E-state index in [1.54, 1.807) is 0 Å². The highest BCUT2D eigenvalue weighted by atomic mass is 32.1. The molecule has 0 bridgehead atoms. The van der Waals surface area contributed by atoms with E-state index in [9.17, 15) is 0 Å². The Morgan fingerprint density at radius 2 is 2.16 bits per heavy atom. The van der Waals surface area contributed by atoms with Gasteiger partial charge in [-0.3, -0.25) is 4.90 Å². The van der Waals surface area contributed by atoms with Crippen molar-refractivity contribution in [2.24, 2.45) is 5.73 Å². The Hall–Kier alpha value is -1.16. The SMILES string of the molecule is CC1=CCN(Cc2c(CN)sc3ccccc23)CC1. The van der Waals surface area contributed by atoms with Crippen LogP contribution in [0.1, 0.15) is 23.8 Å². The zero-order valence-electron chi connectivity index (χ0n) is 11.4. The van der Waals surface area contributed by atoms with Crippen LogP contribution >= 0.6 is 11.3 Å². The zero-order valence-corrected chi connectivity index (χ0v) is 12.2. The first kappa shape index (κ1) is 12.9. The maximum atomic E-state index is 5.92. The second-order valence-electron chi connectivity index (χ2n) is 5.24. The summed E-state index contributed by atoms with van der Waals surface area (Å²) in [5, 5.41) is 1.39. The van der Waals surface area contributed by atoms with E-state index in [2.05, 4.69) is 42.2 Å². The largest absolute Gasteiger partial charge is 0.326 e. The minimum Gasteiger partial charge on any atom is -0.326 e. The normalized spacial score (nSPS) is 16.8. The number of nitrogens with two attached hydrogens (primary N) is 1. The van der Waals surface area contributed by atoms with Crippen LogP contribution < -0.4 is 5.73 Å². The number of thiophene rings is 1. The molecular formula is C16H20N2S. The molecule has 1 aromatic carbocycles. The summed E-state index contributed by atoms with van der Waals surface area (Å²) in [4.78, 5) is 3.85. The van der Waals surface area contributed by atoms with Crippen LogP contribution in [0.2, 0.25) is 0 Å². The van der Waals surface area contributed by atoms with Crippen molar-refractivity contribution in [1.29, 1.82) is 0 Å². The Balaban J connectivity index is 1.91. The van der Waals surface area contributed by atoms with E-state index in [-0.39, 0.29) is 0 Å². The molecule has 1 aliphatic heterocycles. The van der Waals surface area contributed by atoms with Crippen LogP contribution in [-0.4, -0.2) is 18.0 Å². The van der Waals surface area contributed by atoms with Gasteiger partial charge in [0.05, 0.1) is 0 Å². The third-order valence-electron chi connectivity index (χ3n) is 3.87. The van der Waals surface area contributed by atoms with Crippen molar-refractivity contribution in [3.63, 3.8) is 0 Å². The Morgan fingerprint density at radius 1 is 1.32 bits per heavy atom. The second-order valence-corrected chi connectivity index (χ2v) is 6.38. The Bertz CT molecular complexity index is 612. The van der Waals surface area contributed by atoms with Gasteiger partial charge in [-0.25, -0.2) is 0 Å². The summed E-state index contributed by atoms with van der Waals surface area (Å²) < 4.78 is 1.36. The predicted octanol–water partition coefficient (Wildman–Crippen LogP) is 3.51. The quantitative estimate of drug-likeness (QED) is 0.866. The topological polar surface area (TPSA) is 29.3 Å². The van der Waals surface area contributed by atoms with E-state index in [0.717, 1.165) is 19.6 Å². The first-order chi connectivity index (χ1) is 9.28. The zero-order chi connectivity index (χ0) is 13.2. The summed E-state index contributed by atoms with van der Waals surface area (Å²) >= 11 is 1.85. The van der Waals surface area contributed by atoms with Gasteiger partial charge in [0.1, 0.15) is 0 Å². The van der Waals surface area contributed by atoms with Crippen molar-refractivity contribution >= 4 is 21.4 Å². The Morgan fingerprint density at radius 3 is 2.89 bits per heavy atom. The van der Waals surface area contributed by atoms with Gasteiger partial charge in [0.2, 0.25) is 0 Å². The Kier molecular flexibility index (Phi) is 3.69. The van der Waals surface area contributed by atoms with Crippen molar-refractivity contribution in [2.45, 2.75) is 26.4 Å². The first-order valence-electron chi connectivity index (χ1n) is 6.85. The van der Waals surface area contributed by atoms with Crippen molar-refractivity contribution in [3.05, 3.63) is 46.4 Å². The fourth-order valence-corrected chi connectivity index (χ4v) is 3.76. The molecular weight excluding hydrogens is 252 g/mol. The van der Waals surface area contributed by atoms with Crippen LogP contribution in [0.25, 0.3) is 10.1 Å². The number of benzene rings is 1. The molecule has 3 heteroatoms. The molecule has 0 spiro atoms. The summed E-state index contributed by atoms with van der Waals surface area (Å²) in [6.45, 7) is 6.14. The highest BCUT2D eigenvalue weighted by molar-refractivity contribution is 7.19. The molecule has 1 aromatic heterocycles. The molecule has 0 saturated carbocycles. The molecule has 2 aromatic rings. The van der Waals surface area contributed by atoms with E-state index < -0.39 is 0 Å². The van der Waals surface area contributed by atoms with Crippen molar-refractivity contribution in [3.8, 4) is 0 Å². The molecule has 2 heterocycles. The van der Waals surface area contributed by atoms with Crippen molar-refractivity contribution < 1.29 is 0 Å². The lowest BCUT2D eigenvalue weighted by Crippen LogP contribution is -2.28. The molecule has 19 heavy (non-hydrogen) atoms. The molecule has 0 saturated heterocycles. The first-order valence-corrected chi connectivity index (χ1v) is 7.67. The molecule has 100 valence electrons. The van der Waals surface area contributed by atoms with E-state index in [1.807, 2.05) is 11.3 Å². The van der Waals surface area contributed by atoms with Gasteiger partial charge in [-0.1, -0.05) is 29.8 Å². The van der Waals surface area contributed by atoms with Gasteiger partial charge in [0.25, 0.3) is 0 Å². The molecule has 0 unspecified atom stereocenters. The lowest BCUT2D eigenvalue weighted by atomic mass is 10.1. The Labute approximate surface area is 118 Å². The van der Waals surface area contributed by atoms with Crippen LogP contribution in [0.4, 0.5) is 0 Å². The fraction of sp³-hybridized carbons (Fsp3) is 0.375. The summed E-state index contributed by atoms with van der Waals surface area (Å²) in [5.41, 5.74) is 8.88. The third kappa shape index (κ3) is 2.59. The second kappa shape index (κ2) is 5.45. The van der Waals surface area contributed by atoms with E-state index >= 15 is 0 Å². The predicted molar refractivity (Wildman–Crippen MR) is 83.4 cm³/mol. The average Bonchev–Trinajstić information content (AvgIpc) is 2.79. The summed E-state index contributed by atoms with van der Waals surface area (Å²) in [6.07, 6.45) is 3.54. The molecule has 2 nitrogen and oxygen atoms in total. The highest BCUT2D eigenvalue weighted by Gasteiger charge is 2.15. The van der Waals surface area contributed by atoms with E-state index in [0.29, 0.717) is 6.54 Å². The highest BCUT2D eigenvalue weighted by Crippen LogP contribution is 2.32. The monoisotopic (exact) mass is 272 g/mol. The van der Waals surface area contributed by atoms with Crippen LogP contribution in [0.5, 0.6) is 0 Å². The minimum atomic E-state index is 0.650. The standard InChI is InChI=1S/C16H20N2S/c1-12-6-8-18(9-7-12)11-14-13-4-2-3-5-15(13)19-16(14)10-17/h2-6H,7-11,17H2,1H3. The van der Waals surface area contributed by atoms with Crippen LogP contribution in [0.15, 0.2) is 35.9 Å². The van der Waals surface area contributed by atoms with E-state index in [4.69, 9.17) is 5.73 Å². The smallest absolute Gasteiger partial charge is 0.0349 e. The summed E-state index contributed by atoms with van der Waals surface area (Å²) in [7, 11) is 0. The average molecular weight is 272 g/mol. The van der Waals surface area contributed by atoms with E-state index in [1.165, 1.54) is 32.5 Å². The van der Waals surface area contributed by atoms with Gasteiger partial charge in [-0.05, 0) is 30.4 Å². The van der Waals surface area contributed by atoms with Crippen LogP contribution in [-0.2, 0) is 13.1 Å². The maximum Gasteiger partial charge on any atom is 0.0349 e. The molecule has 2 N–H and O–H groups in total. The number of hydrogen-bond donors (Lipinski definition) is 1. The number of nitrogens with zero attached hydrogens (tertiary/aromatic N) is 1. The van der Waals surface area contributed by atoms with Gasteiger partial charge in [0.15, 0.2) is 0 Å². The molecule has 0 fully saturated rings. The van der Waals surface area contributed by atoms with Gasteiger partial charge >= 0.3 is 0 Å². The molecule has 0 radical (unpaired) electrons. The summed E-state index contributed by atoms with van der Waals surface area (Å²) in [5.74, 6) is 0.